The van der Waals surface area contributed by atoms with E-state index in [0.29, 0.717) is 12.8 Å². The minimum Gasteiger partial charge on any atom is -0.409 e. The Labute approximate surface area is 127 Å². The second-order valence-electron chi connectivity index (χ2n) is 6.73. The van der Waals surface area contributed by atoms with Crippen LogP contribution in [0.1, 0.15) is 71.1 Å². The Kier molecular flexibility index (Phi) is 5.48. The molecule has 0 bridgehead atoms. The first-order chi connectivity index (χ1) is 10.1. The molecule has 2 aliphatic rings. The van der Waals surface area contributed by atoms with Crippen LogP contribution in [-0.2, 0) is 4.79 Å². The van der Waals surface area contributed by atoms with E-state index in [0.717, 1.165) is 38.0 Å². The van der Waals surface area contributed by atoms with Crippen LogP contribution in [0.25, 0.3) is 0 Å². The molecule has 2 rings (SSSR count). The van der Waals surface area contributed by atoms with E-state index >= 15 is 0 Å². The number of carbonyl (C=O) groups excluding carboxylic acids is 1. The molecule has 0 radical (unpaired) electrons. The summed E-state index contributed by atoms with van der Waals surface area (Å²) in [6.45, 7) is 2.24. The van der Waals surface area contributed by atoms with E-state index in [9.17, 15) is 4.79 Å². The van der Waals surface area contributed by atoms with Crippen LogP contribution in [0.3, 0.4) is 0 Å². The summed E-state index contributed by atoms with van der Waals surface area (Å²) in [6.07, 6.45) is 10.2. The molecule has 0 heterocycles. The van der Waals surface area contributed by atoms with Crippen LogP contribution in [0, 0.1) is 11.3 Å². The Hall–Kier alpha value is -1.26. The number of nitrogens with two attached hydrogens (primary N) is 1. The second kappa shape index (κ2) is 7.14. The van der Waals surface area contributed by atoms with Gasteiger partial charge in [-0.15, -0.1) is 0 Å². The molecule has 2 saturated carbocycles. The topological polar surface area (TPSA) is 87.7 Å². The van der Waals surface area contributed by atoms with E-state index < -0.39 is 5.41 Å². The molecule has 0 aliphatic heterocycles. The third-order valence-electron chi connectivity index (χ3n) is 5.50. The molecule has 5 nitrogen and oxygen atoms in total. The summed E-state index contributed by atoms with van der Waals surface area (Å²) < 4.78 is 0. The van der Waals surface area contributed by atoms with Gasteiger partial charge in [-0.2, -0.15) is 0 Å². The van der Waals surface area contributed by atoms with Crippen LogP contribution in [0.2, 0.25) is 0 Å². The summed E-state index contributed by atoms with van der Waals surface area (Å²) in [5.41, 5.74) is 5.09. The fourth-order valence-electron chi connectivity index (χ4n) is 3.89. The Morgan fingerprint density at radius 2 is 1.86 bits per heavy atom. The Morgan fingerprint density at radius 1 is 1.24 bits per heavy atom. The highest BCUT2D eigenvalue weighted by molar-refractivity contribution is 6.06. The first-order valence-corrected chi connectivity index (χ1v) is 8.41. The van der Waals surface area contributed by atoms with Gasteiger partial charge in [0.1, 0.15) is 5.41 Å². The third-order valence-corrected chi connectivity index (χ3v) is 5.50. The summed E-state index contributed by atoms with van der Waals surface area (Å²) in [5.74, 6) is 0.866. The molecule has 0 spiro atoms. The van der Waals surface area contributed by atoms with Gasteiger partial charge in [-0.05, 0) is 44.4 Å². The Morgan fingerprint density at radius 3 is 2.38 bits per heavy atom. The molecule has 0 unspecified atom stereocenters. The first kappa shape index (κ1) is 16.1. The lowest BCUT2D eigenvalue weighted by Crippen LogP contribution is -2.53. The molecule has 0 aromatic heterocycles. The van der Waals surface area contributed by atoms with E-state index in [4.69, 9.17) is 10.9 Å². The van der Waals surface area contributed by atoms with E-state index in [1.165, 1.54) is 19.3 Å². The second-order valence-corrected chi connectivity index (χ2v) is 6.73. The van der Waals surface area contributed by atoms with Gasteiger partial charge < -0.3 is 16.3 Å². The maximum atomic E-state index is 12.8. The van der Waals surface area contributed by atoms with Gasteiger partial charge in [0, 0.05) is 6.04 Å². The molecule has 21 heavy (non-hydrogen) atoms. The van der Waals surface area contributed by atoms with Crippen molar-refractivity contribution in [1.82, 2.24) is 5.32 Å². The summed E-state index contributed by atoms with van der Waals surface area (Å²) in [6, 6.07) is 0.255. The van der Waals surface area contributed by atoms with Gasteiger partial charge in [0.15, 0.2) is 5.84 Å². The molecular weight excluding hydrogens is 266 g/mol. The van der Waals surface area contributed by atoms with Crippen molar-refractivity contribution in [3.63, 3.8) is 0 Å². The fraction of sp³-hybridized carbons (Fsp3) is 0.875. The zero-order valence-electron chi connectivity index (χ0n) is 13.1. The van der Waals surface area contributed by atoms with E-state index in [1.54, 1.807) is 0 Å². The highest BCUT2D eigenvalue weighted by Crippen LogP contribution is 2.37. The van der Waals surface area contributed by atoms with Crippen LogP contribution < -0.4 is 11.1 Å². The average molecular weight is 295 g/mol. The lowest BCUT2D eigenvalue weighted by Gasteiger charge is -2.37. The van der Waals surface area contributed by atoms with Crippen LogP contribution in [-0.4, -0.2) is 23.0 Å². The number of nitrogens with one attached hydrogen (secondary N) is 1. The molecule has 0 aromatic carbocycles. The molecule has 2 aliphatic carbocycles. The number of nitrogens with zero attached hydrogens (tertiary/aromatic N) is 1. The summed E-state index contributed by atoms with van der Waals surface area (Å²) in [7, 11) is 0. The first-order valence-electron chi connectivity index (χ1n) is 8.41. The van der Waals surface area contributed by atoms with Crippen molar-refractivity contribution in [2.45, 2.75) is 77.2 Å². The van der Waals surface area contributed by atoms with Crippen LogP contribution in [0.15, 0.2) is 5.16 Å². The number of oxime groups is 1. The summed E-state index contributed by atoms with van der Waals surface area (Å²) >= 11 is 0. The van der Waals surface area contributed by atoms with Crippen molar-refractivity contribution >= 4 is 11.7 Å². The Bertz CT molecular complexity index is 381. The Balaban J connectivity index is 1.99. The standard InChI is InChI=1S/C16H29N3O2/c1-2-12-6-8-13(9-7-12)18-15(20)16(14(17)19-21)10-4-3-5-11-16/h12-13,21H,2-11H2,1H3,(H2,17,19)(H,18,20). The number of amides is 1. The normalized spacial score (nSPS) is 29.9. The van der Waals surface area contributed by atoms with E-state index in [1.807, 2.05) is 0 Å². The zero-order chi connectivity index (χ0) is 15.3. The summed E-state index contributed by atoms with van der Waals surface area (Å²) in [5, 5.41) is 15.4. The summed E-state index contributed by atoms with van der Waals surface area (Å²) in [4.78, 5) is 12.8. The number of hydrogen-bond donors (Lipinski definition) is 3. The van der Waals surface area contributed by atoms with Crippen molar-refractivity contribution in [2.24, 2.45) is 22.2 Å². The molecule has 0 atom stereocenters. The van der Waals surface area contributed by atoms with Gasteiger partial charge >= 0.3 is 0 Å². The predicted octanol–water partition coefficient (Wildman–Crippen LogP) is 2.77. The van der Waals surface area contributed by atoms with Gasteiger partial charge in [-0.3, -0.25) is 4.79 Å². The molecule has 0 aromatic rings. The quantitative estimate of drug-likeness (QED) is 0.322. The molecule has 1 amide bonds. The van der Waals surface area contributed by atoms with Gasteiger partial charge in [0.2, 0.25) is 5.91 Å². The lowest BCUT2D eigenvalue weighted by atomic mass is 9.72. The number of carbonyl (C=O) groups is 1. The van der Waals surface area contributed by atoms with E-state index in [-0.39, 0.29) is 17.8 Å². The third kappa shape index (κ3) is 3.50. The van der Waals surface area contributed by atoms with Crippen molar-refractivity contribution in [3.05, 3.63) is 0 Å². The van der Waals surface area contributed by atoms with Crippen molar-refractivity contribution in [1.29, 1.82) is 0 Å². The van der Waals surface area contributed by atoms with Crippen molar-refractivity contribution in [3.8, 4) is 0 Å². The molecule has 5 heteroatoms. The highest BCUT2D eigenvalue weighted by Gasteiger charge is 2.44. The van der Waals surface area contributed by atoms with Gasteiger partial charge in [-0.25, -0.2) is 0 Å². The smallest absolute Gasteiger partial charge is 0.234 e. The number of amidine groups is 1. The van der Waals surface area contributed by atoms with Gasteiger partial charge in [0.05, 0.1) is 0 Å². The highest BCUT2D eigenvalue weighted by atomic mass is 16.4. The minimum atomic E-state index is -0.783. The molecule has 0 saturated heterocycles. The number of hydrogen-bond acceptors (Lipinski definition) is 3. The average Bonchev–Trinajstić information content (AvgIpc) is 2.55. The van der Waals surface area contributed by atoms with Crippen molar-refractivity contribution in [2.75, 3.05) is 0 Å². The SMILES string of the molecule is CCC1CCC(NC(=O)C2(C(N)=NO)CCCCC2)CC1. The van der Waals surface area contributed by atoms with Gasteiger partial charge in [-0.1, -0.05) is 37.8 Å². The van der Waals surface area contributed by atoms with Crippen LogP contribution in [0.4, 0.5) is 0 Å². The molecule has 2 fully saturated rings. The molecule has 4 N–H and O–H groups in total. The van der Waals surface area contributed by atoms with E-state index in [2.05, 4.69) is 17.4 Å². The lowest BCUT2D eigenvalue weighted by molar-refractivity contribution is -0.130. The van der Waals surface area contributed by atoms with Crippen molar-refractivity contribution < 1.29 is 10.0 Å². The van der Waals surface area contributed by atoms with Crippen LogP contribution >= 0.6 is 0 Å². The molecule has 120 valence electrons. The zero-order valence-corrected chi connectivity index (χ0v) is 13.1. The maximum Gasteiger partial charge on any atom is 0.234 e. The fourth-order valence-corrected chi connectivity index (χ4v) is 3.89. The maximum absolute atomic E-state index is 12.8. The largest absolute Gasteiger partial charge is 0.409 e. The molecular formula is C16H29N3O2. The monoisotopic (exact) mass is 295 g/mol. The minimum absolute atomic E-state index is 0.0301. The van der Waals surface area contributed by atoms with Crippen LogP contribution in [0.5, 0.6) is 0 Å². The van der Waals surface area contributed by atoms with Gasteiger partial charge in [0.25, 0.3) is 0 Å². The number of rotatable bonds is 4. The predicted molar refractivity (Wildman–Crippen MR) is 83.1 cm³/mol.